The Kier molecular flexibility index (Phi) is 3.00. The van der Waals surface area contributed by atoms with Gasteiger partial charge in [-0.2, -0.15) is 0 Å². The number of nitrogens with one attached hydrogen (secondary N) is 1. The Hall–Kier alpha value is -0.960. The van der Waals surface area contributed by atoms with Gasteiger partial charge in [0.05, 0.1) is 5.69 Å². The summed E-state index contributed by atoms with van der Waals surface area (Å²) in [6.07, 6.45) is 2.46. The molecule has 1 unspecified atom stereocenters. The molecular weight excluding hydrogens is 186 g/mol. The van der Waals surface area contributed by atoms with Gasteiger partial charge in [0, 0.05) is 11.7 Å². The summed E-state index contributed by atoms with van der Waals surface area (Å²) >= 11 is 0. The van der Waals surface area contributed by atoms with E-state index in [1.165, 1.54) is 18.5 Å². The fourth-order valence-electron chi connectivity index (χ4n) is 2.03. The van der Waals surface area contributed by atoms with E-state index < -0.39 is 0 Å². The van der Waals surface area contributed by atoms with Crippen LogP contribution >= 0.6 is 0 Å². The van der Waals surface area contributed by atoms with Crippen LogP contribution in [0.15, 0.2) is 6.07 Å². The summed E-state index contributed by atoms with van der Waals surface area (Å²) in [5.41, 5.74) is 2.33. The van der Waals surface area contributed by atoms with Crippen molar-refractivity contribution in [2.24, 2.45) is 0 Å². The molecule has 1 aromatic heterocycles. The summed E-state index contributed by atoms with van der Waals surface area (Å²) in [6.45, 7) is 7.44. The smallest absolute Gasteiger partial charge is 0.125 e. The van der Waals surface area contributed by atoms with Gasteiger partial charge in [-0.1, -0.05) is 13.8 Å². The Labute approximate surface area is 91.3 Å². The maximum atomic E-state index is 4.52. The molecule has 0 radical (unpaired) electrons. The van der Waals surface area contributed by atoms with E-state index in [-0.39, 0.29) is 0 Å². The summed E-state index contributed by atoms with van der Waals surface area (Å²) in [5, 5.41) is 3.48. The van der Waals surface area contributed by atoms with Gasteiger partial charge in [0.1, 0.15) is 5.82 Å². The number of nitrogens with zero attached hydrogens (tertiary/aromatic N) is 2. The van der Waals surface area contributed by atoms with Crippen LogP contribution in [-0.2, 0) is 0 Å². The van der Waals surface area contributed by atoms with Gasteiger partial charge in [0.2, 0.25) is 0 Å². The Balaban J connectivity index is 2.30. The van der Waals surface area contributed by atoms with Crippen molar-refractivity contribution in [3.05, 3.63) is 23.3 Å². The van der Waals surface area contributed by atoms with Crippen LogP contribution in [0.2, 0.25) is 0 Å². The van der Waals surface area contributed by atoms with Crippen molar-refractivity contribution < 1.29 is 0 Å². The van der Waals surface area contributed by atoms with Crippen LogP contribution in [0.4, 0.5) is 0 Å². The van der Waals surface area contributed by atoms with Gasteiger partial charge in [-0.15, -0.1) is 0 Å². The molecule has 1 aromatic rings. The standard InChI is InChI=1S/C12H19N3/c1-8(2)11-7-12(15-9(3)14-11)10-5-4-6-13-10/h7-8,10,13H,4-6H2,1-3H3. The quantitative estimate of drug-likeness (QED) is 0.805. The summed E-state index contributed by atoms with van der Waals surface area (Å²) in [4.78, 5) is 8.99. The first-order chi connectivity index (χ1) is 7.16. The predicted molar refractivity (Wildman–Crippen MR) is 60.8 cm³/mol. The molecule has 1 N–H and O–H groups in total. The molecule has 1 aliphatic rings. The highest BCUT2D eigenvalue weighted by atomic mass is 15.0. The van der Waals surface area contributed by atoms with E-state index in [9.17, 15) is 0 Å². The highest BCUT2D eigenvalue weighted by Crippen LogP contribution is 2.23. The van der Waals surface area contributed by atoms with Gasteiger partial charge in [0.25, 0.3) is 0 Å². The summed E-state index contributed by atoms with van der Waals surface area (Å²) in [6, 6.07) is 2.60. The number of rotatable bonds is 2. The van der Waals surface area contributed by atoms with Crippen LogP contribution in [-0.4, -0.2) is 16.5 Å². The Morgan fingerprint density at radius 1 is 1.40 bits per heavy atom. The fraction of sp³-hybridized carbons (Fsp3) is 0.667. The van der Waals surface area contributed by atoms with E-state index in [1.54, 1.807) is 0 Å². The van der Waals surface area contributed by atoms with Crippen LogP contribution in [0.3, 0.4) is 0 Å². The second-order valence-electron chi connectivity index (χ2n) is 4.57. The van der Waals surface area contributed by atoms with E-state index in [1.807, 2.05) is 6.92 Å². The second-order valence-corrected chi connectivity index (χ2v) is 4.57. The molecule has 2 heterocycles. The van der Waals surface area contributed by atoms with E-state index in [4.69, 9.17) is 0 Å². The van der Waals surface area contributed by atoms with Crippen LogP contribution in [0, 0.1) is 6.92 Å². The molecule has 1 fully saturated rings. The monoisotopic (exact) mass is 205 g/mol. The molecule has 0 aromatic carbocycles. The number of hydrogen-bond acceptors (Lipinski definition) is 3. The molecule has 2 rings (SSSR count). The van der Waals surface area contributed by atoms with Gasteiger partial charge in [-0.25, -0.2) is 9.97 Å². The van der Waals surface area contributed by atoms with Crippen molar-refractivity contribution in [3.8, 4) is 0 Å². The maximum Gasteiger partial charge on any atom is 0.125 e. The predicted octanol–water partition coefficient (Wildman–Crippen LogP) is 2.33. The van der Waals surface area contributed by atoms with Crippen molar-refractivity contribution in [1.29, 1.82) is 0 Å². The lowest BCUT2D eigenvalue weighted by Crippen LogP contribution is -2.16. The second kappa shape index (κ2) is 4.27. The third kappa shape index (κ3) is 2.34. The van der Waals surface area contributed by atoms with Crippen molar-refractivity contribution in [2.75, 3.05) is 6.54 Å². The van der Waals surface area contributed by atoms with Crippen LogP contribution in [0.1, 0.15) is 55.9 Å². The molecule has 3 heteroatoms. The van der Waals surface area contributed by atoms with Crippen molar-refractivity contribution in [1.82, 2.24) is 15.3 Å². The third-order valence-corrected chi connectivity index (χ3v) is 2.89. The molecule has 0 saturated carbocycles. The lowest BCUT2D eigenvalue weighted by molar-refractivity contribution is 0.617. The zero-order valence-electron chi connectivity index (χ0n) is 9.75. The van der Waals surface area contributed by atoms with Crippen molar-refractivity contribution >= 4 is 0 Å². The first-order valence-corrected chi connectivity index (χ1v) is 5.75. The average molecular weight is 205 g/mol. The first kappa shape index (κ1) is 10.6. The Morgan fingerprint density at radius 2 is 2.20 bits per heavy atom. The van der Waals surface area contributed by atoms with Crippen LogP contribution in [0.5, 0.6) is 0 Å². The molecule has 0 aliphatic carbocycles. The molecule has 1 atom stereocenters. The number of hydrogen-bond donors (Lipinski definition) is 1. The number of aromatic nitrogens is 2. The minimum Gasteiger partial charge on any atom is -0.309 e. The Bertz CT molecular complexity index is 341. The molecule has 0 bridgehead atoms. The topological polar surface area (TPSA) is 37.8 Å². The maximum absolute atomic E-state index is 4.52. The molecule has 15 heavy (non-hydrogen) atoms. The largest absolute Gasteiger partial charge is 0.309 e. The number of aryl methyl sites for hydroxylation is 1. The molecule has 82 valence electrons. The fourth-order valence-corrected chi connectivity index (χ4v) is 2.03. The van der Waals surface area contributed by atoms with Gasteiger partial charge in [0.15, 0.2) is 0 Å². The normalized spacial score (nSPS) is 21.2. The van der Waals surface area contributed by atoms with E-state index in [0.29, 0.717) is 12.0 Å². The summed E-state index contributed by atoms with van der Waals surface area (Å²) < 4.78 is 0. The molecule has 3 nitrogen and oxygen atoms in total. The van der Waals surface area contributed by atoms with Gasteiger partial charge < -0.3 is 5.32 Å². The average Bonchev–Trinajstić information content (AvgIpc) is 2.69. The van der Waals surface area contributed by atoms with Crippen molar-refractivity contribution in [2.45, 2.75) is 45.6 Å². The van der Waals surface area contributed by atoms with Crippen molar-refractivity contribution in [3.63, 3.8) is 0 Å². The zero-order valence-corrected chi connectivity index (χ0v) is 9.75. The zero-order chi connectivity index (χ0) is 10.8. The summed E-state index contributed by atoms with van der Waals surface area (Å²) in [7, 11) is 0. The van der Waals surface area contributed by atoms with Crippen LogP contribution in [0.25, 0.3) is 0 Å². The molecule has 0 amide bonds. The van der Waals surface area contributed by atoms with E-state index in [2.05, 4.69) is 35.2 Å². The highest BCUT2D eigenvalue weighted by molar-refractivity contribution is 5.17. The van der Waals surface area contributed by atoms with Gasteiger partial charge in [-0.05, 0) is 38.3 Å². The van der Waals surface area contributed by atoms with Gasteiger partial charge >= 0.3 is 0 Å². The minimum absolute atomic E-state index is 0.448. The lowest BCUT2D eigenvalue weighted by atomic mass is 10.1. The minimum atomic E-state index is 0.448. The van der Waals surface area contributed by atoms with E-state index >= 15 is 0 Å². The Morgan fingerprint density at radius 3 is 2.80 bits per heavy atom. The SMILES string of the molecule is Cc1nc(C(C)C)cc(C2CCCN2)n1. The third-order valence-electron chi connectivity index (χ3n) is 2.89. The summed E-state index contributed by atoms with van der Waals surface area (Å²) in [5.74, 6) is 1.37. The molecule has 1 aliphatic heterocycles. The molecule has 1 saturated heterocycles. The molecule has 0 spiro atoms. The van der Waals surface area contributed by atoms with E-state index in [0.717, 1.165) is 18.1 Å². The lowest BCUT2D eigenvalue weighted by Gasteiger charge is -2.13. The van der Waals surface area contributed by atoms with Crippen LogP contribution < -0.4 is 5.32 Å². The molecular formula is C12H19N3. The van der Waals surface area contributed by atoms with Gasteiger partial charge in [-0.3, -0.25) is 0 Å². The first-order valence-electron chi connectivity index (χ1n) is 5.75. The highest BCUT2D eigenvalue weighted by Gasteiger charge is 2.18.